The first-order valence-corrected chi connectivity index (χ1v) is 8.89. The average molecular weight is 392 g/mol. The van der Waals surface area contributed by atoms with Crippen molar-refractivity contribution in [1.82, 2.24) is 4.90 Å². The van der Waals surface area contributed by atoms with Gasteiger partial charge in [0.25, 0.3) is 0 Å². The van der Waals surface area contributed by atoms with E-state index in [0.717, 1.165) is 11.1 Å². The molecule has 0 spiro atoms. The Morgan fingerprint density at radius 1 is 1.26 bits per heavy atom. The maximum atomic E-state index is 13.0. The Bertz CT molecular complexity index is 819. The highest BCUT2D eigenvalue weighted by Crippen LogP contribution is 2.37. The largest absolute Gasteiger partial charge is 0.493 e. The molecule has 0 radical (unpaired) electrons. The second kappa shape index (κ2) is 9.42. The van der Waals surface area contributed by atoms with Gasteiger partial charge in [-0.05, 0) is 55.3 Å². The van der Waals surface area contributed by atoms with Crippen LogP contribution >= 0.6 is 11.6 Å². The van der Waals surface area contributed by atoms with Crippen molar-refractivity contribution >= 4 is 23.6 Å². The number of amides is 1. The number of carbonyl (C=O) groups is 1. The van der Waals surface area contributed by atoms with Crippen LogP contribution in [-0.2, 0) is 11.3 Å². The van der Waals surface area contributed by atoms with E-state index >= 15 is 0 Å². The van der Waals surface area contributed by atoms with Crippen molar-refractivity contribution in [2.75, 3.05) is 14.2 Å². The zero-order valence-electron chi connectivity index (χ0n) is 15.8. The van der Waals surface area contributed by atoms with Crippen LogP contribution in [0, 0.1) is 5.82 Å². The van der Waals surface area contributed by atoms with Crippen LogP contribution in [0.2, 0.25) is 5.02 Å². The number of methoxy groups -OCH3 is 1. The van der Waals surface area contributed by atoms with Crippen LogP contribution in [-0.4, -0.2) is 31.1 Å². The first-order chi connectivity index (χ1) is 12.8. The molecule has 0 atom stereocenters. The van der Waals surface area contributed by atoms with Crippen LogP contribution in [0.1, 0.15) is 25.0 Å². The zero-order valence-corrected chi connectivity index (χ0v) is 16.6. The van der Waals surface area contributed by atoms with Gasteiger partial charge in [-0.1, -0.05) is 23.7 Å². The lowest BCUT2D eigenvalue weighted by Crippen LogP contribution is -2.24. The number of benzene rings is 2. The molecule has 0 saturated heterocycles. The normalized spacial score (nSPS) is 11.1. The summed E-state index contributed by atoms with van der Waals surface area (Å²) < 4.78 is 24.0. The monoisotopic (exact) mass is 391 g/mol. The fourth-order valence-electron chi connectivity index (χ4n) is 2.42. The van der Waals surface area contributed by atoms with Gasteiger partial charge in [0.15, 0.2) is 11.5 Å². The van der Waals surface area contributed by atoms with E-state index in [1.807, 2.05) is 13.8 Å². The van der Waals surface area contributed by atoms with Gasteiger partial charge in [0.1, 0.15) is 5.82 Å². The Kier molecular flexibility index (Phi) is 7.25. The van der Waals surface area contributed by atoms with Gasteiger partial charge < -0.3 is 14.4 Å². The summed E-state index contributed by atoms with van der Waals surface area (Å²) in [6, 6.07) is 9.53. The van der Waals surface area contributed by atoms with Crippen molar-refractivity contribution in [2.45, 2.75) is 26.5 Å². The van der Waals surface area contributed by atoms with Gasteiger partial charge in [0.2, 0.25) is 5.91 Å². The number of likely N-dealkylation sites (N-methyl/N-ethyl adjacent to an activating group) is 1. The minimum atomic E-state index is -0.302. The lowest BCUT2D eigenvalue weighted by atomic mass is 10.1. The van der Waals surface area contributed by atoms with E-state index in [9.17, 15) is 9.18 Å². The van der Waals surface area contributed by atoms with Crippen LogP contribution in [0.5, 0.6) is 11.5 Å². The number of rotatable bonds is 7. The van der Waals surface area contributed by atoms with Crippen molar-refractivity contribution in [2.24, 2.45) is 0 Å². The predicted molar refractivity (Wildman–Crippen MR) is 106 cm³/mol. The maximum Gasteiger partial charge on any atom is 0.246 e. The van der Waals surface area contributed by atoms with E-state index in [4.69, 9.17) is 21.1 Å². The fraction of sp³-hybridized carbons (Fsp3) is 0.286. The third kappa shape index (κ3) is 6.00. The molecule has 2 aromatic carbocycles. The third-order valence-electron chi connectivity index (χ3n) is 3.73. The number of hydrogen-bond donors (Lipinski definition) is 0. The molecule has 4 nitrogen and oxygen atoms in total. The van der Waals surface area contributed by atoms with Crippen molar-refractivity contribution in [3.63, 3.8) is 0 Å². The van der Waals surface area contributed by atoms with E-state index < -0.39 is 0 Å². The van der Waals surface area contributed by atoms with Gasteiger partial charge in [-0.25, -0.2) is 4.39 Å². The van der Waals surface area contributed by atoms with Gasteiger partial charge in [0, 0.05) is 19.7 Å². The Balaban J connectivity index is 2.10. The van der Waals surface area contributed by atoms with Crippen molar-refractivity contribution in [3.8, 4) is 11.5 Å². The summed E-state index contributed by atoms with van der Waals surface area (Å²) in [5.74, 6) is 0.495. The number of ether oxygens (including phenoxy) is 2. The molecule has 0 fully saturated rings. The van der Waals surface area contributed by atoms with Crippen LogP contribution in [0.4, 0.5) is 4.39 Å². The zero-order chi connectivity index (χ0) is 20.0. The summed E-state index contributed by atoms with van der Waals surface area (Å²) in [6.45, 7) is 4.19. The second-order valence-electron chi connectivity index (χ2n) is 6.35. The molecule has 2 aromatic rings. The molecule has 0 aliphatic carbocycles. The van der Waals surface area contributed by atoms with Gasteiger partial charge in [-0.3, -0.25) is 4.79 Å². The summed E-state index contributed by atoms with van der Waals surface area (Å²) >= 11 is 6.29. The van der Waals surface area contributed by atoms with E-state index in [1.54, 1.807) is 42.3 Å². The van der Waals surface area contributed by atoms with E-state index in [-0.39, 0.29) is 17.8 Å². The number of carbonyl (C=O) groups excluding carboxylic acids is 1. The molecular formula is C21H23ClFNO3. The summed E-state index contributed by atoms with van der Waals surface area (Å²) in [4.78, 5) is 13.9. The summed E-state index contributed by atoms with van der Waals surface area (Å²) in [5, 5.41) is 0.412. The Hall–Kier alpha value is -2.53. The smallest absolute Gasteiger partial charge is 0.246 e. The molecule has 27 heavy (non-hydrogen) atoms. The molecule has 0 aliphatic rings. The molecule has 0 heterocycles. The molecule has 1 amide bonds. The van der Waals surface area contributed by atoms with Crippen LogP contribution in [0.25, 0.3) is 6.08 Å². The van der Waals surface area contributed by atoms with Crippen molar-refractivity contribution in [1.29, 1.82) is 0 Å². The lowest BCUT2D eigenvalue weighted by molar-refractivity contribution is -0.125. The van der Waals surface area contributed by atoms with Crippen molar-refractivity contribution in [3.05, 3.63) is 64.4 Å². The SMILES string of the molecule is COc1cc(C=CC(=O)N(C)Cc2ccc(F)cc2)cc(Cl)c1OC(C)C. The topological polar surface area (TPSA) is 38.8 Å². The first kappa shape index (κ1) is 20.8. The second-order valence-corrected chi connectivity index (χ2v) is 6.76. The highest BCUT2D eigenvalue weighted by molar-refractivity contribution is 6.32. The van der Waals surface area contributed by atoms with E-state index in [1.165, 1.54) is 25.3 Å². The molecule has 0 unspecified atom stereocenters. The predicted octanol–water partition coefficient (Wildman–Crippen LogP) is 4.95. The summed E-state index contributed by atoms with van der Waals surface area (Å²) in [6.07, 6.45) is 3.08. The van der Waals surface area contributed by atoms with Crippen LogP contribution in [0.3, 0.4) is 0 Å². The molecule has 144 valence electrons. The van der Waals surface area contributed by atoms with Gasteiger partial charge in [0.05, 0.1) is 18.2 Å². The van der Waals surface area contributed by atoms with Gasteiger partial charge in [-0.15, -0.1) is 0 Å². The standard InChI is InChI=1S/C21H23ClFNO3/c1-14(2)27-21-18(22)11-16(12-19(21)26-4)7-10-20(25)24(3)13-15-5-8-17(23)9-6-15/h5-12,14H,13H2,1-4H3. The minimum Gasteiger partial charge on any atom is -0.493 e. The first-order valence-electron chi connectivity index (χ1n) is 8.52. The average Bonchev–Trinajstić information content (AvgIpc) is 2.63. The lowest BCUT2D eigenvalue weighted by Gasteiger charge is -2.16. The molecule has 0 N–H and O–H groups in total. The fourth-order valence-corrected chi connectivity index (χ4v) is 2.69. The highest BCUT2D eigenvalue weighted by atomic mass is 35.5. The van der Waals surface area contributed by atoms with Crippen LogP contribution in [0.15, 0.2) is 42.5 Å². The van der Waals surface area contributed by atoms with E-state index in [2.05, 4.69) is 0 Å². The molecule has 2 rings (SSSR count). The Morgan fingerprint density at radius 3 is 2.52 bits per heavy atom. The Morgan fingerprint density at radius 2 is 1.93 bits per heavy atom. The molecule has 0 saturated carbocycles. The van der Waals surface area contributed by atoms with E-state index in [0.29, 0.717) is 23.1 Å². The molecule has 6 heteroatoms. The van der Waals surface area contributed by atoms with Gasteiger partial charge >= 0.3 is 0 Å². The highest BCUT2D eigenvalue weighted by Gasteiger charge is 2.13. The van der Waals surface area contributed by atoms with Crippen LogP contribution < -0.4 is 9.47 Å². The molecule has 0 aliphatic heterocycles. The van der Waals surface area contributed by atoms with Gasteiger partial charge in [-0.2, -0.15) is 0 Å². The quantitative estimate of drug-likeness (QED) is 0.627. The third-order valence-corrected chi connectivity index (χ3v) is 4.01. The molecule has 0 aromatic heterocycles. The number of hydrogen-bond acceptors (Lipinski definition) is 3. The minimum absolute atomic E-state index is 0.0421. The number of halogens is 2. The Labute approximate surface area is 164 Å². The molecule has 0 bridgehead atoms. The summed E-state index contributed by atoms with van der Waals surface area (Å²) in [7, 11) is 3.22. The van der Waals surface area contributed by atoms with Crippen molar-refractivity contribution < 1.29 is 18.7 Å². The number of nitrogens with zero attached hydrogens (tertiary/aromatic N) is 1. The maximum absolute atomic E-state index is 13.0. The molecular weight excluding hydrogens is 369 g/mol. The summed E-state index contributed by atoms with van der Waals surface area (Å²) in [5.41, 5.74) is 1.57.